The van der Waals surface area contributed by atoms with Crippen molar-refractivity contribution in [3.63, 3.8) is 0 Å². The van der Waals surface area contributed by atoms with E-state index in [1.807, 2.05) is 6.07 Å². The van der Waals surface area contributed by atoms with E-state index < -0.39 is 0 Å². The molecule has 88 valence electrons. The van der Waals surface area contributed by atoms with Gasteiger partial charge in [-0.3, -0.25) is 0 Å². The third-order valence-electron chi connectivity index (χ3n) is 2.53. The largest absolute Gasteiger partial charge is 0.473 e. The van der Waals surface area contributed by atoms with Crippen molar-refractivity contribution in [2.45, 2.75) is 25.6 Å². The van der Waals surface area contributed by atoms with Crippen LogP contribution in [0.3, 0.4) is 0 Å². The molecule has 0 amide bonds. The zero-order valence-electron chi connectivity index (χ0n) is 9.48. The van der Waals surface area contributed by atoms with Crippen molar-refractivity contribution >= 4 is 0 Å². The average Bonchev–Trinajstić information content (AvgIpc) is 2.31. The molecule has 0 aromatic carbocycles. The summed E-state index contributed by atoms with van der Waals surface area (Å²) in [4.78, 5) is 8.19. The number of aromatic nitrogens is 2. The molecule has 1 N–H and O–H groups in total. The maximum absolute atomic E-state index is 5.77. The van der Waals surface area contributed by atoms with Crippen molar-refractivity contribution < 1.29 is 9.47 Å². The van der Waals surface area contributed by atoms with Gasteiger partial charge in [0.15, 0.2) is 0 Å². The number of rotatable bonds is 4. The number of nitrogens with zero attached hydrogens (tertiary/aromatic N) is 2. The van der Waals surface area contributed by atoms with Crippen molar-refractivity contribution in [1.82, 2.24) is 15.3 Å². The molecular formula is C11H17N3O2. The molecule has 16 heavy (non-hydrogen) atoms. The fraction of sp³-hybridized carbons (Fsp3) is 0.636. The molecule has 0 aliphatic carbocycles. The van der Waals surface area contributed by atoms with Crippen LogP contribution < -0.4 is 10.1 Å². The molecule has 1 aromatic rings. The van der Waals surface area contributed by atoms with Crippen LogP contribution in [0.5, 0.6) is 5.88 Å². The Morgan fingerprint density at radius 3 is 3.19 bits per heavy atom. The van der Waals surface area contributed by atoms with Gasteiger partial charge in [-0.15, -0.1) is 0 Å². The first kappa shape index (κ1) is 11.3. The summed E-state index contributed by atoms with van der Waals surface area (Å²) in [5, 5.41) is 3.30. The Balaban J connectivity index is 1.94. The maximum Gasteiger partial charge on any atom is 0.216 e. The fourth-order valence-corrected chi connectivity index (χ4v) is 1.76. The van der Waals surface area contributed by atoms with Gasteiger partial charge < -0.3 is 14.8 Å². The summed E-state index contributed by atoms with van der Waals surface area (Å²) in [5.41, 5.74) is 0.844. The zero-order chi connectivity index (χ0) is 11.2. The lowest BCUT2D eigenvalue weighted by atomic mass is 10.1. The Labute approximate surface area is 95.2 Å². The molecule has 2 heterocycles. The molecule has 1 aliphatic rings. The van der Waals surface area contributed by atoms with E-state index in [0.717, 1.165) is 31.6 Å². The molecule has 0 radical (unpaired) electrons. The van der Waals surface area contributed by atoms with Gasteiger partial charge in [0.25, 0.3) is 0 Å². The highest BCUT2D eigenvalue weighted by Gasteiger charge is 2.15. The van der Waals surface area contributed by atoms with Crippen molar-refractivity contribution in [2.24, 2.45) is 0 Å². The number of methoxy groups -OCH3 is 1. The van der Waals surface area contributed by atoms with Crippen molar-refractivity contribution in [3.05, 3.63) is 18.1 Å². The van der Waals surface area contributed by atoms with E-state index >= 15 is 0 Å². The highest BCUT2D eigenvalue weighted by atomic mass is 16.5. The molecular weight excluding hydrogens is 206 g/mol. The molecule has 1 saturated heterocycles. The normalized spacial score (nSPS) is 20.7. The van der Waals surface area contributed by atoms with E-state index in [1.54, 1.807) is 7.11 Å². The molecule has 2 rings (SSSR count). The van der Waals surface area contributed by atoms with Crippen LogP contribution >= 0.6 is 0 Å². The summed E-state index contributed by atoms with van der Waals surface area (Å²) >= 11 is 0. The van der Waals surface area contributed by atoms with Crippen LogP contribution in [0.15, 0.2) is 12.4 Å². The first-order valence-electron chi connectivity index (χ1n) is 5.55. The van der Waals surface area contributed by atoms with Crippen LogP contribution in [0.1, 0.15) is 18.5 Å². The highest BCUT2D eigenvalue weighted by molar-refractivity contribution is 5.13. The first-order chi connectivity index (χ1) is 7.88. The Bertz CT molecular complexity index is 327. The molecule has 0 bridgehead atoms. The van der Waals surface area contributed by atoms with Gasteiger partial charge in [0.1, 0.15) is 12.4 Å². The summed E-state index contributed by atoms with van der Waals surface area (Å²) in [6.07, 6.45) is 3.97. The van der Waals surface area contributed by atoms with E-state index in [9.17, 15) is 0 Å². The second-order valence-electron chi connectivity index (χ2n) is 3.87. The maximum atomic E-state index is 5.77. The minimum Gasteiger partial charge on any atom is -0.473 e. The first-order valence-corrected chi connectivity index (χ1v) is 5.55. The summed E-state index contributed by atoms with van der Waals surface area (Å²) in [7, 11) is 1.65. The Hall–Kier alpha value is -1.20. The lowest BCUT2D eigenvalue weighted by Gasteiger charge is -2.23. The average molecular weight is 223 g/mol. The van der Waals surface area contributed by atoms with E-state index in [-0.39, 0.29) is 6.10 Å². The van der Waals surface area contributed by atoms with E-state index in [4.69, 9.17) is 9.47 Å². The van der Waals surface area contributed by atoms with E-state index in [1.165, 1.54) is 6.33 Å². The van der Waals surface area contributed by atoms with E-state index in [0.29, 0.717) is 12.5 Å². The van der Waals surface area contributed by atoms with Gasteiger partial charge in [-0.1, -0.05) is 0 Å². The van der Waals surface area contributed by atoms with Crippen LogP contribution in [-0.2, 0) is 11.3 Å². The molecule has 1 fully saturated rings. The summed E-state index contributed by atoms with van der Waals surface area (Å²) < 4.78 is 10.8. The summed E-state index contributed by atoms with van der Waals surface area (Å²) in [5.74, 6) is 0.635. The highest BCUT2D eigenvalue weighted by Crippen LogP contribution is 2.13. The molecule has 1 aromatic heterocycles. The van der Waals surface area contributed by atoms with Crippen LogP contribution in [0, 0.1) is 0 Å². The van der Waals surface area contributed by atoms with Crippen LogP contribution in [0.2, 0.25) is 0 Å². The quantitative estimate of drug-likeness (QED) is 0.816. The summed E-state index contributed by atoms with van der Waals surface area (Å²) in [6.45, 7) is 2.46. The fourth-order valence-electron chi connectivity index (χ4n) is 1.76. The Morgan fingerprint density at radius 1 is 1.50 bits per heavy atom. The Morgan fingerprint density at radius 2 is 2.44 bits per heavy atom. The van der Waals surface area contributed by atoms with Gasteiger partial charge in [0, 0.05) is 19.7 Å². The Kier molecular flexibility index (Phi) is 4.07. The van der Waals surface area contributed by atoms with Crippen molar-refractivity contribution in [2.75, 3.05) is 20.2 Å². The van der Waals surface area contributed by atoms with Crippen molar-refractivity contribution in [3.8, 4) is 5.88 Å². The predicted octanol–water partition coefficient (Wildman–Crippen LogP) is 0.754. The van der Waals surface area contributed by atoms with Crippen LogP contribution in [-0.4, -0.2) is 36.3 Å². The number of ether oxygens (including phenoxy) is 2. The molecule has 0 unspecified atom stereocenters. The van der Waals surface area contributed by atoms with Crippen molar-refractivity contribution in [1.29, 1.82) is 0 Å². The van der Waals surface area contributed by atoms with Gasteiger partial charge >= 0.3 is 0 Å². The van der Waals surface area contributed by atoms with E-state index in [2.05, 4.69) is 15.3 Å². The topological polar surface area (TPSA) is 56.3 Å². The third kappa shape index (κ3) is 3.15. The van der Waals surface area contributed by atoms with Crippen LogP contribution in [0.4, 0.5) is 0 Å². The summed E-state index contributed by atoms with van der Waals surface area (Å²) in [6, 6.07) is 1.83. The number of hydrogen-bond acceptors (Lipinski definition) is 5. The number of piperidine rings is 1. The lowest BCUT2D eigenvalue weighted by Crippen LogP contribution is -2.37. The zero-order valence-corrected chi connectivity index (χ0v) is 9.48. The molecule has 1 aliphatic heterocycles. The SMILES string of the molecule is COCc1cc(O[C@@H]2CCCNC2)ncn1. The van der Waals surface area contributed by atoms with Gasteiger partial charge in [0.05, 0.1) is 12.3 Å². The lowest BCUT2D eigenvalue weighted by molar-refractivity contribution is 0.157. The molecule has 5 heteroatoms. The molecule has 1 atom stereocenters. The predicted molar refractivity (Wildman–Crippen MR) is 59.3 cm³/mol. The number of nitrogens with one attached hydrogen (secondary N) is 1. The second-order valence-corrected chi connectivity index (χ2v) is 3.87. The molecule has 0 spiro atoms. The molecule has 5 nitrogen and oxygen atoms in total. The monoisotopic (exact) mass is 223 g/mol. The minimum atomic E-state index is 0.221. The van der Waals surface area contributed by atoms with Crippen LogP contribution in [0.25, 0.3) is 0 Å². The standard InChI is InChI=1S/C11H17N3O2/c1-15-7-9-5-11(14-8-13-9)16-10-3-2-4-12-6-10/h5,8,10,12H,2-4,6-7H2,1H3/t10-/m1/s1. The van der Waals surface area contributed by atoms with Gasteiger partial charge in [0.2, 0.25) is 5.88 Å². The second kappa shape index (κ2) is 5.77. The smallest absolute Gasteiger partial charge is 0.216 e. The molecule has 0 saturated carbocycles. The van der Waals surface area contributed by atoms with Gasteiger partial charge in [-0.25, -0.2) is 9.97 Å². The van der Waals surface area contributed by atoms with Gasteiger partial charge in [-0.2, -0.15) is 0 Å². The van der Waals surface area contributed by atoms with Gasteiger partial charge in [-0.05, 0) is 19.4 Å². The minimum absolute atomic E-state index is 0.221. The third-order valence-corrected chi connectivity index (χ3v) is 2.53. The number of hydrogen-bond donors (Lipinski definition) is 1.